The second-order valence-corrected chi connectivity index (χ2v) is 9.21. The van der Waals surface area contributed by atoms with Crippen LogP contribution in [0, 0.1) is 0 Å². The minimum Gasteiger partial charge on any atom is -0.491 e. The molecule has 2 heterocycles. The first-order chi connectivity index (χ1) is 16.8. The van der Waals surface area contributed by atoms with E-state index in [4.69, 9.17) is 14.2 Å². The van der Waals surface area contributed by atoms with Crippen LogP contribution in [0.4, 0.5) is 10.5 Å². The molecule has 0 aliphatic rings. The lowest BCUT2D eigenvalue weighted by Gasteiger charge is -2.24. The van der Waals surface area contributed by atoms with Crippen LogP contribution in [0.15, 0.2) is 79.1 Å². The van der Waals surface area contributed by atoms with Crippen LogP contribution < -0.4 is 9.64 Å². The van der Waals surface area contributed by atoms with Gasteiger partial charge in [0.1, 0.15) is 23.6 Å². The fraction of sp³-hybridized carbons (Fsp3) is 0.286. The first-order valence-electron chi connectivity index (χ1n) is 11.6. The monoisotopic (exact) mass is 473 g/mol. The first-order valence-corrected chi connectivity index (χ1v) is 11.6. The van der Waals surface area contributed by atoms with Crippen molar-refractivity contribution in [1.82, 2.24) is 9.38 Å². The smallest absolute Gasteiger partial charge is 0.414 e. The molecule has 2 aromatic heterocycles. The van der Waals surface area contributed by atoms with Gasteiger partial charge in [0.15, 0.2) is 0 Å². The van der Waals surface area contributed by atoms with Crippen molar-refractivity contribution in [1.29, 1.82) is 0 Å². The fourth-order valence-electron chi connectivity index (χ4n) is 3.55. The van der Waals surface area contributed by atoms with Crippen LogP contribution in [-0.2, 0) is 16.1 Å². The predicted molar refractivity (Wildman–Crippen MR) is 137 cm³/mol. The quantitative estimate of drug-likeness (QED) is 0.295. The summed E-state index contributed by atoms with van der Waals surface area (Å²) in [5.74, 6) is 0.753. The Morgan fingerprint density at radius 2 is 1.80 bits per heavy atom. The number of aromatic nitrogens is 2. The Balaban J connectivity index is 1.44. The highest BCUT2D eigenvalue weighted by molar-refractivity contribution is 5.87. The number of amides is 1. The van der Waals surface area contributed by atoms with Crippen molar-refractivity contribution in [2.45, 2.75) is 33.0 Å². The van der Waals surface area contributed by atoms with E-state index in [1.54, 1.807) is 7.05 Å². The molecular weight excluding hydrogens is 442 g/mol. The summed E-state index contributed by atoms with van der Waals surface area (Å²) in [7, 11) is 1.69. The molecule has 4 aromatic rings. The van der Waals surface area contributed by atoms with E-state index in [-0.39, 0.29) is 0 Å². The predicted octanol–water partition coefficient (Wildman–Crippen LogP) is 5.97. The standard InChI is InChI=1S/C28H31N3O4/c1-28(2,3)35-27(32)30(4)23-13-14-26-29-18-25(31(26)19-23)22-11-8-12-24(17-22)34-16-15-33-20-21-9-6-5-7-10-21/h5-14,17-19H,15-16,20H2,1-4H3. The minimum atomic E-state index is -0.567. The van der Waals surface area contributed by atoms with Gasteiger partial charge < -0.3 is 14.2 Å². The third-order valence-corrected chi connectivity index (χ3v) is 5.28. The molecule has 35 heavy (non-hydrogen) atoms. The van der Waals surface area contributed by atoms with Crippen molar-refractivity contribution < 1.29 is 19.0 Å². The fourth-order valence-corrected chi connectivity index (χ4v) is 3.55. The van der Waals surface area contributed by atoms with E-state index in [1.165, 1.54) is 4.90 Å². The van der Waals surface area contributed by atoms with Gasteiger partial charge >= 0.3 is 6.09 Å². The maximum absolute atomic E-state index is 12.5. The molecule has 2 aromatic carbocycles. The molecule has 4 rings (SSSR count). The summed E-state index contributed by atoms with van der Waals surface area (Å²) in [6, 6.07) is 21.7. The van der Waals surface area contributed by atoms with E-state index in [0.717, 1.165) is 28.2 Å². The Morgan fingerprint density at radius 1 is 1.00 bits per heavy atom. The summed E-state index contributed by atoms with van der Waals surface area (Å²) in [5, 5.41) is 0. The molecule has 0 bridgehead atoms. The van der Waals surface area contributed by atoms with E-state index < -0.39 is 11.7 Å². The molecule has 0 spiro atoms. The van der Waals surface area contributed by atoms with Gasteiger partial charge in [-0.25, -0.2) is 9.78 Å². The number of ether oxygens (including phenoxy) is 3. The molecule has 7 heteroatoms. The molecule has 0 atom stereocenters. The maximum atomic E-state index is 12.5. The Labute approximate surface area is 205 Å². The summed E-state index contributed by atoms with van der Waals surface area (Å²) in [5.41, 5.74) is 3.90. The average molecular weight is 474 g/mol. The molecule has 0 radical (unpaired) electrons. The third kappa shape index (κ3) is 6.39. The number of anilines is 1. The zero-order chi connectivity index (χ0) is 24.8. The van der Waals surface area contributed by atoms with Gasteiger partial charge in [0.2, 0.25) is 0 Å². The highest BCUT2D eigenvalue weighted by atomic mass is 16.6. The van der Waals surface area contributed by atoms with Crippen LogP contribution in [0.5, 0.6) is 5.75 Å². The van der Waals surface area contributed by atoms with E-state index in [2.05, 4.69) is 4.98 Å². The SMILES string of the molecule is CN(C(=O)OC(C)(C)C)c1ccc2ncc(-c3cccc(OCCOCc4ccccc4)c3)n2c1. The Morgan fingerprint density at radius 3 is 2.57 bits per heavy atom. The number of carbonyl (C=O) groups excluding carboxylic acids is 1. The van der Waals surface area contributed by atoms with Gasteiger partial charge in [-0.3, -0.25) is 9.30 Å². The average Bonchev–Trinajstić information content (AvgIpc) is 3.26. The Hall–Kier alpha value is -3.84. The molecule has 0 saturated heterocycles. The molecule has 0 aliphatic heterocycles. The summed E-state index contributed by atoms with van der Waals surface area (Å²) in [4.78, 5) is 18.5. The van der Waals surface area contributed by atoms with Crippen LogP contribution >= 0.6 is 0 Å². The van der Waals surface area contributed by atoms with Crippen molar-refractivity contribution >= 4 is 17.4 Å². The third-order valence-electron chi connectivity index (χ3n) is 5.28. The number of fused-ring (bicyclic) bond motifs is 1. The molecule has 0 saturated carbocycles. The molecule has 182 valence electrons. The number of imidazole rings is 1. The van der Waals surface area contributed by atoms with Crippen LogP contribution in [0.2, 0.25) is 0 Å². The number of hydrogen-bond acceptors (Lipinski definition) is 5. The molecule has 0 aliphatic carbocycles. The highest BCUT2D eigenvalue weighted by Crippen LogP contribution is 2.27. The van der Waals surface area contributed by atoms with Crippen LogP contribution in [0.3, 0.4) is 0 Å². The second-order valence-electron chi connectivity index (χ2n) is 9.21. The number of pyridine rings is 1. The lowest BCUT2D eigenvalue weighted by atomic mass is 10.1. The van der Waals surface area contributed by atoms with E-state index in [1.807, 2.05) is 104 Å². The first kappa shape index (κ1) is 24.3. The van der Waals surface area contributed by atoms with Gasteiger partial charge in [0.25, 0.3) is 0 Å². The van der Waals surface area contributed by atoms with Crippen molar-refractivity contribution in [3.05, 3.63) is 84.7 Å². The number of benzene rings is 2. The molecule has 0 fully saturated rings. The summed E-state index contributed by atoms with van der Waals surface area (Å²) in [6.07, 6.45) is 3.28. The van der Waals surface area contributed by atoms with Gasteiger partial charge in [-0.2, -0.15) is 0 Å². The minimum absolute atomic E-state index is 0.414. The number of nitrogens with zero attached hydrogens (tertiary/aromatic N) is 3. The van der Waals surface area contributed by atoms with Crippen molar-refractivity contribution in [2.75, 3.05) is 25.2 Å². The number of rotatable bonds is 8. The number of carbonyl (C=O) groups is 1. The van der Waals surface area contributed by atoms with Gasteiger partial charge in [0, 0.05) is 18.8 Å². The summed E-state index contributed by atoms with van der Waals surface area (Å²) < 4.78 is 19.1. The van der Waals surface area contributed by atoms with Gasteiger partial charge in [-0.15, -0.1) is 0 Å². The molecule has 7 nitrogen and oxygen atoms in total. The van der Waals surface area contributed by atoms with Gasteiger partial charge in [-0.1, -0.05) is 42.5 Å². The Kier molecular flexibility index (Phi) is 7.36. The zero-order valence-electron chi connectivity index (χ0n) is 20.6. The lowest BCUT2D eigenvalue weighted by molar-refractivity contribution is 0.0589. The summed E-state index contributed by atoms with van der Waals surface area (Å²) in [6.45, 7) is 7.05. The number of hydrogen-bond donors (Lipinski definition) is 0. The molecule has 1 amide bonds. The van der Waals surface area contributed by atoms with E-state index in [9.17, 15) is 4.79 Å². The van der Waals surface area contributed by atoms with Crippen LogP contribution in [0.1, 0.15) is 26.3 Å². The largest absolute Gasteiger partial charge is 0.491 e. The van der Waals surface area contributed by atoms with Crippen LogP contribution in [0.25, 0.3) is 16.9 Å². The van der Waals surface area contributed by atoms with Crippen LogP contribution in [-0.4, -0.2) is 41.3 Å². The lowest BCUT2D eigenvalue weighted by Crippen LogP contribution is -2.34. The zero-order valence-corrected chi connectivity index (χ0v) is 20.6. The summed E-state index contributed by atoms with van der Waals surface area (Å²) >= 11 is 0. The molecule has 0 unspecified atom stereocenters. The van der Waals surface area contributed by atoms with E-state index >= 15 is 0 Å². The van der Waals surface area contributed by atoms with Crippen molar-refractivity contribution in [3.8, 4) is 17.0 Å². The topological polar surface area (TPSA) is 65.3 Å². The van der Waals surface area contributed by atoms with Crippen molar-refractivity contribution in [2.24, 2.45) is 0 Å². The highest BCUT2D eigenvalue weighted by Gasteiger charge is 2.21. The molecule has 0 N–H and O–H groups in total. The second kappa shape index (κ2) is 10.6. The van der Waals surface area contributed by atoms with E-state index in [0.29, 0.717) is 25.5 Å². The van der Waals surface area contributed by atoms with Crippen molar-refractivity contribution in [3.63, 3.8) is 0 Å². The molecular formula is C28H31N3O4. The normalized spacial score (nSPS) is 11.4. The van der Waals surface area contributed by atoms with Gasteiger partial charge in [-0.05, 0) is 50.6 Å². The Bertz CT molecular complexity index is 1280. The van der Waals surface area contributed by atoms with Gasteiger partial charge in [0.05, 0.1) is 30.8 Å². The maximum Gasteiger partial charge on any atom is 0.414 e.